The molecule has 5 N–H and O–H groups in total. The number of hydrogen-bond acceptors (Lipinski definition) is 11. The fraction of sp³-hybridized carbons (Fsp3) is 0. The van der Waals surface area contributed by atoms with Gasteiger partial charge in [-0.2, -0.15) is 5.10 Å². The summed E-state index contributed by atoms with van der Waals surface area (Å²) >= 11 is 0. The molecule has 2 aromatic rings. The maximum atomic E-state index is 12.7. The SMILES string of the molecule is N=C1C=CC2=CC(S(=O)(=O)[O-])=CC(=O)C2=C1NNc1ccc(C(=O)Nc2ccc(NN=C3C=CC(=O)C=C3)cc2)cc1.[Na+]. The van der Waals surface area contributed by atoms with E-state index in [0.717, 1.165) is 12.2 Å². The number of allylic oxidation sites excluding steroid dienone is 10. The summed E-state index contributed by atoms with van der Waals surface area (Å²) in [6.07, 6.45) is 10.6. The monoisotopic (exact) mass is 604 g/mol. The van der Waals surface area contributed by atoms with E-state index in [-0.39, 0.29) is 63.8 Å². The molecule has 14 heteroatoms. The number of rotatable bonds is 8. The summed E-state index contributed by atoms with van der Waals surface area (Å²) in [5.41, 5.74) is 11.6. The Morgan fingerprint density at radius 2 is 1.42 bits per heavy atom. The van der Waals surface area contributed by atoms with E-state index in [9.17, 15) is 27.4 Å². The maximum absolute atomic E-state index is 12.7. The zero-order valence-electron chi connectivity index (χ0n) is 22.5. The van der Waals surface area contributed by atoms with Crippen molar-refractivity contribution in [3.8, 4) is 0 Å². The van der Waals surface area contributed by atoms with Crippen LogP contribution in [0.1, 0.15) is 10.4 Å². The van der Waals surface area contributed by atoms with E-state index in [4.69, 9.17) is 5.41 Å². The second-order valence-electron chi connectivity index (χ2n) is 9.04. The molecule has 2 aromatic carbocycles. The summed E-state index contributed by atoms with van der Waals surface area (Å²) in [5, 5.41) is 15.2. The van der Waals surface area contributed by atoms with E-state index in [1.165, 1.54) is 24.3 Å². The van der Waals surface area contributed by atoms with Gasteiger partial charge in [-0.15, -0.1) is 0 Å². The number of carbonyl (C=O) groups excluding carboxylic acids is 3. The van der Waals surface area contributed by atoms with Crippen LogP contribution in [-0.4, -0.2) is 41.9 Å². The van der Waals surface area contributed by atoms with Crippen molar-refractivity contribution >= 4 is 56.1 Å². The molecule has 0 saturated heterocycles. The van der Waals surface area contributed by atoms with Gasteiger partial charge < -0.3 is 15.3 Å². The van der Waals surface area contributed by atoms with Crippen LogP contribution < -0.4 is 51.2 Å². The number of nitrogens with zero attached hydrogens (tertiary/aromatic N) is 1. The normalized spacial score (nSPS) is 15.7. The minimum atomic E-state index is -4.82. The van der Waals surface area contributed by atoms with Crippen LogP contribution in [0, 0.1) is 5.41 Å². The zero-order valence-corrected chi connectivity index (χ0v) is 25.4. The molecule has 0 bridgehead atoms. The summed E-state index contributed by atoms with van der Waals surface area (Å²) in [5.74, 6) is -1.17. The molecule has 0 heterocycles. The molecule has 0 unspecified atom stereocenters. The van der Waals surface area contributed by atoms with Crippen molar-refractivity contribution < 1.29 is 56.9 Å². The van der Waals surface area contributed by atoms with Crippen molar-refractivity contribution in [1.82, 2.24) is 5.43 Å². The van der Waals surface area contributed by atoms with E-state index >= 15 is 0 Å². The quantitative estimate of drug-likeness (QED) is 0.120. The van der Waals surface area contributed by atoms with Crippen LogP contribution in [-0.2, 0) is 19.7 Å². The van der Waals surface area contributed by atoms with Gasteiger partial charge in [0.2, 0.25) is 0 Å². The van der Waals surface area contributed by atoms with E-state index in [1.54, 1.807) is 60.7 Å². The molecule has 0 aliphatic heterocycles. The molecule has 0 fully saturated rings. The molecule has 3 aliphatic carbocycles. The van der Waals surface area contributed by atoms with Crippen LogP contribution >= 0.6 is 0 Å². The van der Waals surface area contributed by atoms with Gasteiger partial charge in [-0.1, -0.05) is 6.08 Å². The number of benzene rings is 2. The van der Waals surface area contributed by atoms with E-state index in [1.807, 2.05) is 0 Å². The number of ketones is 2. The van der Waals surface area contributed by atoms with Crippen molar-refractivity contribution in [2.24, 2.45) is 5.10 Å². The van der Waals surface area contributed by atoms with Gasteiger partial charge in [-0.05, 0) is 90.6 Å². The number of fused-ring (bicyclic) bond motifs is 1. The van der Waals surface area contributed by atoms with Crippen molar-refractivity contribution in [3.63, 3.8) is 0 Å². The first-order valence-electron chi connectivity index (χ1n) is 12.3. The fourth-order valence-corrected chi connectivity index (χ4v) is 4.52. The molecular formula is C29H21N6NaO6S. The summed E-state index contributed by atoms with van der Waals surface area (Å²) in [4.78, 5) is 35.9. The first-order valence-corrected chi connectivity index (χ1v) is 13.7. The van der Waals surface area contributed by atoms with Gasteiger partial charge in [0.15, 0.2) is 11.6 Å². The summed E-state index contributed by atoms with van der Waals surface area (Å²) < 4.78 is 34.1. The molecule has 0 aromatic heterocycles. The average Bonchev–Trinajstić information content (AvgIpc) is 2.97. The predicted molar refractivity (Wildman–Crippen MR) is 157 cm³/mol. The van der Waals surface area contributed by atoms with Crippen LogP contribution in [0.3, 0.4) is 0 Å². The number of anilines is 3. The molecule has 210 valence electrons. The molecule has 1 amide bonds. The Balaban J connectivity index is 0.00000423. The average molecular weight is 605 g/mol. The summed E-state index contributed by atoms with van der Waals surface area (Å²) in [6.45, 7) is 0. The Bertz CT molecular complexity index is 1830. The molecule has 5 rings (SSSR count). The van der Waals surface area contributed by atoms with Gasteiger partial charge in [0.1, 0.15) is 10.1 Å². The third-order valence-electron chi connectivity index (χ3n) is 6.12. The van der Waals surface area contributed by atoms with E-state index in [2.05, 4.69) is 26.7 Å². The van der Waals surface area contributed by atoms with Gasteiger partial charge >= 0.3 is 29.6 Å². The van der Waals surface area contributed by atoms with Gasteiger partial charge in [-0.25, -0.2) is 8.42 Å². The Hall–Kier alpha value is -4.66. The molecule has 0 spiro atoms. The second kappa shape index (κ2) is 13.1. The van der Waals surface area contributed by atoms with Crippen molar-refractivity contribution in [2.75, 3.05) is 16.2 Å². The Morgan fingerprint density at radius 1 is 0.791 bits per heavy atom. The van der Waals surface area contributed by atoms with Crippen molar-refractivity contribution in [2.45, 2.75) is 0 Å². The predicted octanol–water partition coefficient (Wildman–Crippen LogP) is 0.104. The minimum Gasteiger partial charge on any atom is -0.744 e. The van der Waals surface area contributed by atoms with Crippen LogP contribution in [0.4, 0.5) is 17.1 Å². The number of amides is 1. The fourth-order valence-electron chi connectivity index (χ4n) is 4.00. The third kappa shape index (κ3) is 7.60. The number of hydrazone groups is 1. The summed E-state index contributed by atoms with van der Waals surface area (Å²) in [7, 11) is -4.82. The van der Waals surface area contributed by atoms with Crippen LogP contribution in [0.5, 0.6) is 0 Å². The molecule has 0 atom stereocenters. The number of hydrogen-bond donors (Lipinski definition) is 5. The van der Waals surface area contributed by atoms with Gasteiger partial charge in [0.25, 0.3) is 5.91 Å². The minimum absolute atomic E-state index is 0. The molecule has 0 saturated carbocycles. The number of carbonyl (C=O) groups is 3. The third-order valence-corrected chi connectivity index (χ3v) is 6.93. The molecule has 12 nitrogen and oxygen atoms in total. The zero-order chi connectivity index (χ0) is 29.9. The maximum Gasteiger partial charge on any atom is 1.00 e. The smallest absolute Gasteiger partial charge is 0.744 e. The molecule has 0 radical (unpaired) electrons. The first kappa shape index (κ1) is 31.3. The van der Waals surface area contributed by atoms with Crippen LogP contribution in [0.25, 0.3) is 0 Å². The van der Waals surface area contributed by atoms with Gasteiger partial charge in [0, 0.05) is 17.3 Å². The molecule has 3 aliphatic rings. The van der Waals surface area contributed by atoms with Gasteiger partial charge in [-0.3, -0.25) is 30.6 Å². The topological polar surface area (TPSA) is 193 Å². The molecular weight excluding hydrogens is 583 g/mol. The Kier molecular flexibility index (Phi) is 9.53. The van der Waals surface area contributed by atoms with Crippen LogP contribution in [0.15, 0.2) is 124 Å². The van der Waals surface area contributed by atoms with E-state index in [0.29, 0.717) is 28.3 Å². The van der Waals surface area contributed by atoms with Crippen molar-refractivity contribution in [3.05, 3.63) is 124 Å². The Morgan fingerprint density at radius 3 is 2.07 bits per heavy atom. The number of nitrogens with one attached hydrogen (secondary N) is 5. The van der Waals surface area contributed by atoms with Crippen LogP contribution in [0.2, 0.25) is 0 Å². The van der Waals surface area contributed by atoms with Crippen molar-refractivity contribution in [1.29, 1.82) is 5.41 Å². The van der Waals surface area contributed by atoms with E-state index < -0.39 is 20.8 Å². The standard InChI is InChI=1S/C29H22N6O6S.Na/c30-25-14-3-18-15-24(42(39,40)41)16-26(37)27(18)28(25)35-34-20-4-1-17(2-5-20)29(38)31-19-6-8-21(9-7-19)32-33-22-10-12-23(36)13-11-22;/h1-16,30,32,34-35H,(H,31,38)(H,39,40,41);/q;+1/p-1. The number of hydrazine groups is 1. The summed E-state index contributed by atoms with van der Waals surface area (Å²) in [6, 6.07) is 13.3. The van der Waals surface area contributed by atoms with Gasteiger partial charge in [0.05, 0.1) is 39.0 Å². The first-order chi connectivity index (χ1) is 20.1. The largest absolute Gasteiger partial charge is 1.00 e. The molecule has 43 heavy (non-hydrogen) atoms. The second-order valence-corrected chi connectivity index (χ2v) is 10.4. The Labute approximate surface area is 268 Å².